The molecule has 0 aliphatic heterocycles. The molecule has 0 aliphatic carbocycles. The number of halogens is 2. The first-order valence-electron chi connectivity index (χ1n) is 6.11. The average molecular weight is 327 g/mol. The molecule has 0 heterocycles. The molecule has 0 atom stereocenters. The summed E-state index contributed by atoms with van der Waals surface area (Å²) in [5, 5.41) is 9.12. The lowest BCUT2D eigenvalue weighted by atomic mass is 10.2. The third-order valence-corrected chi connectivity index (χ3v) is 3.96. The van der Waals surface area contributed by atoms with Gasteiger partial charge in [-0.25, -0.2) is 9.18 Å². The first kappa shape index (κ1) is 15.7. The highest BCUT2D eigenvalue weighted by Gasteiger charge is 2.10. The fourth-order valence-corrected chi connectivity index (χ4v) is 2.60. The minimum Gasteiger partial charge on any atom is -0.493 e. The van der Waals surface area contributed by atoms with Crippen LogP contribution in [0.3, 0.4) is 0 Å². The van der Waals surface area contributed by atoms with Gasteiger partial charge in [-0.05, 0) is 30.3 Å². The molecule has 0 spiro atoms. The lowest BCUT2D eigenvalue weighted by Gasteiger charge is -2.08. The first-order chi connectivity index (χ1) is 10.1. The van der Waals surface area contributed by atoms with Crippen LogP contribution in [-0.4, -0.2) is 23.4 Å². The maximum absolute atomic E-state index is 13.4. The maximum atomic E-state index is 13.4. The molecule has 110 valence electrons. The molecule has 0 amide bonds. The van der Waals surface area contributed by atoms with Gasteiger partial charge in [0.15, 0.2) is 0 Å². The summed E-state index contributed by atoms with van der Waals surface area (Å²) >= 11 is 7.11. The van der Waals surface area contributed by atoms with Gasteiger partial charge in [0, 0.05) is 10.6 Å². The summed E-state index contributed by atoms with van der Waals surface area (Å²) in [4.78, 5) is 11.5. The number of carboxylic acid groups (broad SMARTS) is 1. The number of hydrogen-bond acceptors (Lipinski definition) is 3. The topological polar surface area (TPSA) is 46.5 Å². The Labute approximate surface area is 130 Å². The Morgan fingerprint density at radius 3 is 2.76 bits per heavy atom. The minimum atomic E-state index is -1.11. The van der Waals surface area contributed by atoms with Gasteiger partial charge in [0.2, 0.25) is 0 Å². The number of ether oxygens (including phenoxy) is 1. The number of thioether (sulfide) groups is 1. The van der Waals surface area contributed by atoms with E-state index in [4.69, 9.17) is 21.4 Å². The van der Waals surface area contributed by atoms with Crippen LogP contribution in [0.4, 0.5) is 4.39 Å². The van der Waals surface area contributed by atoms with Crippen LogP contribution in [-0.2, 0) is 0 Å². The highest BCUT2D eigenvalue weighted by atomic mass is 35.5. The van der Waals surface area contributed by atoms with Gasteiger partial charge in [0.25, 0.3) is 0 Å². The first-order valence-corrected chi connectivity index (χ1v) is 7.47. The molecule has 3 nitrogen and oxygen atoms in total. The number of benzene rings is 2. The molecular weight excluding hydrogens is 315 g/mol. The van der Waals surface area contributed by atoms with E-state index in [9.17, 15) is 9.18 Å². The van der Waals surface area contributed by atoms with Crippen LogP contribution in [0.15, 0.2) is 47.4 Å². The van der Waals surface area contributed by atoms with Crippen molar-refractivity contribution in [1.82, 2.24) is 0 Å². The second-order valence-corrected chi connectivity index (χ2v) is 5.62. The van der Waals surface area contributed by atoms with Gasteiger partial charge in [-0.15, -0.1) is 11.8 Å². The van der Waals surface area contributed by atoms with Gasteiger partial charge in [0.05, 0.1) is 17.2 Å². The van der Waals surface area contributed by atoms with Crippen LogP contribution < -0.4 is 4.74 Å². The molecule has 2 aromatic rings. The second kappa shape index (κ2) is 7.33. The summed E-state index contributed by atoms with van der Waals surface area (Å²) in [5.41, 5.74) is -0.00377. The number of aromatic carboxylic acids is 1. The highest BCUT2D eigenvalue weighted by molar-refractivity contribution is 7.99. The van der Waals surface area contributed by atoms with Gasteiger partial charge >= 0.3 is 5.97 Å². The summed E-state index contributed by atoms with van der Waals surface area (Å²) in [6.07, 6.45) is 0. The van der Waals surface area contributed by atoms with Gasteiger partial charge in [-0.1, -0.05) is 23.7 Å². The van der Waals surface area contributed by atoms with Crippen molar-refractivity contribution < 1.29 is 19.0 Å². The third-order valence-electron chi connectivity index (χ3n) is 2.61. The summed E-state index contributed by atoms with van der Waals surface area (Å²) in [5.74, 6) is -0.398. The molecule has 21 heavy (non-hydrogen) atoms. The predicted molar refractivity (Wildman–Crippen MR) is 81.0 cm³/mol. The summed E-state index contributed by atoms with van der Waals surface area (Å²) < 4.78 is 18.8. The van der Waals surface area contributed by atoms with Crippen LogP contribution in [0.25, 0.3) is 0 Å². The molecule has 0 saturated carbocycles. The predicted octanol–water partition coefficient (Wildman–Crippen LogP) is 4.35. The van der Waals surface area contributed by atoms with E-state index in [0.29, 0.717) is 23.0 Å². The normalized spacial score (nSPS) is 10.4. The van der Waals surface area contributed by atoms with Gasteiger partial charge in [0.1, 0.15) is 11.6 Å². The summed E-state index contributed by atoms with van der Waals surface area (Å²) in [6, 6.07) is 11.0. The molecule has 6 heteroatoms. The van der Waals surface area contributed by atoms with E-state index in [-0.39, 0.29) is 16.4 Å². The Morgan fingerprint density at radius 1 is 1.29 bits per heavy atom. The molecule has 2 rings (SSSR count). The Bertz CT molecular complexity index is 649. The van der Waals surface area contributed by atoms with Crippen molar-refractivity contribution in [3.8, 4) is 5.75 Å². The number of rotatable bonds is 6. The summed E-state index contributed by atoms with van der Waals surface area (Å²) in [7, 11) is 0. The maximum Gasteiger partial charge on any atom is 0.337 e. The van der Waals surface area contributed by atoms with Crippen molar-refractivity contribution in [3.05, 3.63) is 58.9 Å². The lowest BCUT2D eigenvalue weighted by molar-refractivity contribution is 0.0696. The summed E-state index contributed by atoms with van der Waals surface area (Å²) in [6.45, 7) is 0.333. The van der Waals surface area contributed by atoms with E-state index >= 15 is 0 Å². The molecule has 0 saturated heterocycles. The fraction of sp³-hybridized carbons (Fsp3) is 0.133. The van der Waals surface area contributed by atoms with E-state index in [1.807, 2.05) is 0 Å². The quantitative estimate of drug-likeness (QED) is 0.633. The SMILES string of the molecule is O=C(O)c1cc(OCCSc2ccccc2F)ccc1Cl. The lowest BCUT2D eigenvalue weighted by Crippen LogP contribution is -2.03. The van der Waals surface area contributed by atoms with Gasteiger partial charge in [-0.2, -0.15) is 0 Å². The Kier molecular flexibility index (Phi) is 5.47. The van der Waals surface area contributed by atoms with Crippen LogP contribution >= 0.6 is 23.4 Å². The van der Waals surface area contributed by atoms with Crippen LogP contribution in [0.5, 0.6) is 5.75 Å². The number of carboxylic acids is 1. The van der Waals surface area contributed by atoms with E-state index in [0.717, 1.165) is 0 Å². The van der Waals surface area contributed by atoms with Crippen molar-refractivity contribution in [2.24, 2.45) is 0 Å². The van der Waals surface area contributed by atoms with E-state index < -0.39 is 5.97 Å². The Balaban J connectivity index is 1.88. The molecule has 0 radical (unpaired) electrons. The molecule has 1 N–H and O–H groups in total. The molecule has 0 aromatic heterocycles. The molecular formula is C15H12ClFO3S. The monoisotopic (exact) mass is 326 g/mol. The van der Waals surface area contributed by atoms with Crippen molar-refractivity contribution in [2.75, 3.05) is 12.4 Å². The molecule has 2 aromatic carbocycles. The van der Waals surface area contributed by atoms with Crippen molar-refractivity contribution in [1.29, 1.82) is 0 Å². The van der Waals surface area contributed by atoms with Crippen LogP contribution in [0.1, 0.15) is 10.4 Å². The Morgan fingerprint density at radius 2 is 2.05 bits per heavy atom. The molecule has 0 unspecified atom stereocenters. The van der Waals surface area contributed by atoms with Gasteiger partial charge in [-0.3, -0.25) is 0 Å². The van der Waals surface area contributed by atoms with Crippen molar-refractivity contribution in [2.45, 2.75) is 4.90 Å². The van der Waals surface area contributed by atoms with Gasteiger partial charge < -0.3 is 9.84 Å². The smallest absolute Gasteiger partial charge is 0.337 e. The van der Waals surface area contributed by atoms with Crippen molar-refractivity contribution >= 4 is 29.3 Å². The van der Waals surface area contributed by atoms with Crippen LogP contribution in [0, 0.1) is 5.82 Å². The number of hydrogen-bond donors (Lipinski definition) is 1. The number of carbonyl (C=O) groups is 1. The van der Waals surface area contributed by atoms with E-state index in [2.05, 4.69) is 0 Å². The molecule has 0 fully saturated rings. The zero-order valence-corrected chi connectivity index (χ0v) is 12.5. The van der Waals surface area contributed by atoms with Crippen molar-refractivity contribution in [3.63, 3.8) is 0 Å². The molecule has 0 bridgehead atoms. The zero-order chi connectivity index (χ0) is 15.2. The highest BCUT2D eigenvalue weighted by Crippen LogP contribution is 2.24. The third kappa shape index (κ3) is 4.37. The second-order valence-electron chi connectivity index (χ2n) is 4.07. The fourth-order valence-electron chi connectivity index (χ4n) is 1.63. The average Bonchev–Trinajstić information content (AvgIpc) is 2.46. The minimum absolute atomic E-state index is 0.00377. The molecule has 0 aliphatic rings. The zero-order valence-electron chi connectivity index (χ0n) is 10.9. The van der Waals surface area contributed by atoms with Crippen LogP contribution in [0.2, 0.25) is 5.02 Å². The van der Waals surface area contributed by atoms with E-state index in [1.54, 1.807) is 24.3 Å². The van der Waals surface area contributed by atoms with E-state index in [1.165, 1.54) is 30.0 Å². The standard InChI is InChI=1S/C15H12ClFO3S/c16-12-6-5-10(9-11(12)15(18)19)20-7-8-21-14-4-2-1-3-13(14)17/h1-6,9H,7-8H2,(H,18,19). The largest absolute Gasteiger partial charge is 0.493 e. The Hall–Kier alpha value is -1.72.